The summed E-state index contributed by atoms with van der Waals surface area (Å²) in [7, 11) is 0. The minimum absolute atomic E-state index is 0.113. The van der Waals surface area contributed by atoms with Gasteiger partial charge < -0.3 is 5.11 Å². The van der Waals surface area contributed by atoms with E-state index in [-0.39, 0.29) is 6.10 Å². The molecule has 0 aliphatic carbocycles. The van der Waals surface area contributed by atoms with E-state index in [0.717, 1.165) is 12.8 Å². The molecule has 1 heteroatoms. The van der Waals surface area contributed by atoms with Crippen LogP contribution in [0.2, 0.25) is 0 Å². The summed E-state index contributed by atoms with van der Waals surface area (Å²) in [5, 5.41) is 8.98. The van der Waals surface area contributed by atoms with Crippen LogP contribution in [0.3, 0.4) is 0 Å². The maximum atomic E-state index is 8.98. The molecule has 0 heterocycles. The molecule has 0 amide bonds. The lowest BCUT2D eigenvalue weighted by Crippen LogP contribution is -1.98. The van der Waals surface area contributed by atoms with Crippen LogP contribution in [0.15, 0.2) is 12.7 Å². The Morgan fingerprint density at radius 3 is 2.33 bits per heavy atom. The Labute approximate surface area is 76.5 Å². The number of allylic oxidation sites excluding steroid dienone is 1. The third-order valence-corrected chi connectivity index (χ3v) is 2.03. The zero-order valence-electron chi connectivity index (χ0n) is 8.26. The monoisotopic (exact) mass is 170 g/mol. The summed E-state index contributed by atoms with van der Waals surface area (Å²) in [5.41, 5.74) is 0. The Morgan fingerprint density at radius 2 is 1.75 bits per heavy atom. The predicted octanol–water partition coefficient (Wildman–Crippen LogP) is 3.28. The minimum Gasteiger partial charge on any atom is -0.393 e. The topological polar surface area (TPSA) is 20.2 Å². The minimum atomic E-state index is -0.113. The molecule has 1 N–H and O–H groups in total. The van der Waals surface area contributed by atoms with Crippen LogP contribution >= 0.6 is 0 Å². The largest absolute Gasteiger partial charge is 0.393 e. The standard InChI is InChI=1S/C11H22O/c1-3-4-5-6-7-8-9-10-11(2)12/h3,11-12H,1,4-10H2,2H3. The molecule has 0 aliphatic heterocycles. The van der Waals surface area contributed by atoms with E-state index in [9.17, 15) is 0 Å². The maximum Gasteiger partial charge on any atom is 0.0512 e. The molecule has 0 aliphatic rings. The van der Waals surface area contributed by atoms with E-state index < -0.39 is 0 Å². The lowest BCUT2D eigenvalue weighted by Gasteiger charge is -2.02. The third kappa shape index (κ3) is 9.70. The van der Waals surface area contributed by atoms with Crippen LogP contribution in [-0.4, -0.2) is 11.2 Å². The van der Waals surface area contributed by atoms with Gasteiger partial charge in [0.1, 0.15) is 0 Å². The van der Waals surface area contributed by atoms with E-state index >= 15 is 0 Å². The Morgan fingerprint density at radius 1 is 1.17 bits per heavy atom. The lowest BCUT2D eigenvalue weighted by atomic mass is 10.1. The Bertz CT molecular complexity index is 97.2. The van der Waals surface area contributed by atoms with Gasteiger partial charge in [-0.2, -0.15) is 0 Å². The molecule has 72 valence electrons. The van der Waals surface area contributed by atoms with Crippen LogP contribution in [0.5, 0.6) is 0 Å². The molecule has 0 saturated heterocycles. The first-order chi connectivity index (χ1) is 5.77. The average Bonchev–Trinajstić information content (AvgIpc) is 2.02. The fourth-order valence-corrected chi connectivity index (χ4v) is 1.26. The van der Waals surface area contributed by atoms with Crippen molar-refractivity contribution >= 4 is 0 Å². The molecule has 1 atom stereocenters. The highest BCUT2D eigenvalue weighted by Crippen LogP contribution is 2.08. The second kappa shape index (κ2) is 8.79. The molecule has 0 saturated carbocycles. The van der Waals surface area contributed by atoms with Crippen molar-refractivity contribution in [3.05, 3.63) is 12.7 Å². The highest BCUT2D eigenvalue weighted by atomic mass is 16.3. The van der Waals surface area contributed by atoms with Crippen molar-refractivity contribution in [1.29, 1.82) is 0 Å². The SMILES string of the molecule is C=CCCCCCCCC(C)O. The summed E-state index contributed by atoms with van der Waals surface area (Å²) >= 11 is 0. The van der Waals surface area contributed by atoms with Crippen molar-refractivity contribution in [1.82, 2.24) is 0 Å². The van der Waals surface area contributed by atoms with Gasteiger partial charge in [-0.15, -0.1) is 6.58 Å². The van der Waals surface area contributed by atoms with Crippen LogP contribution in [0, 0.1) is 0 Å². The van der Waals surface area contributed by atoms with Crippen LogP contribution in [0.25, 0.3) is 0 Å². The zero-order chi connectivity index (χ0) is 9.23. The molecule has 0 radical (unpaired) electrons. The summed E-state index contributed by atoms with van der Waals surface area (Å²) in [6.07, 6.45) is 10.3. The van der Waals surface area contributed by atoms with Crippen molar-refractivity contribution in [2.45, 2.75) is 58.0 Å². The van der Waals surface area contributed by atoms with Gasteiger partial charge in [-0.05, 0) is 26.2 Å². The van der Waals surface area contributed by atoms with Crippen LogP contribution in [0.1, 0.15) is 51.9 Å². The smallest absolute Gasteiger partial charge is 0.0512 e. The van der Waals surface area contributed by atoms with Gasteiger partial charge in [0.15, 0.2) is 0 Å². The Kier molecular flexibility index (Phi) is 8.57. The molecule has 1 unspecified atom stereocenters. The predicted molar refractivity (Wildman–Crippen MR) is 54.2 cm³/mol. The third-order valence-electron chi connectivity index (χ3n) is 2.03. The van der Waals surface area contributed by atoms with Crippen molar-refractivity contribution in [3.63, 3.8) is 0 Å². The Balaban J connectivity index is 2.86. The van der Waals surface area contributed by atoms with Crippen molar-refractivity contribution in [3.8, 4) is 0 Å². The summed E-state index contributed by atoms with van der Waals surface area (Å²) in [5.74, 6) is 0. The van der Waals surface area contributed by atoms with Gasteiger partial charge in [0.05, 0.1) is 6.10 Å². The molecule has 0 spiro atoms. The van der Waals surface area contributed by atoms with Gasteiger partial charge in [0, 0.05) is 0 Å². The van der Waals surface area contributed by atoms with Gasteiger partial charge in [-0.1, -0.05) is 31.8 Å². The highest BCUT2D eigenvalue weighted by Gasteiger charge is 1.94. The van der Waals surface area contributed by atoms with E-state index in [1.165, 1.54) is 32.1 Å². The molecule has 0 aromatic carbocycles. The molecule has 0 aromatic rings. The lowest BCUT2D eigenvalue weighted by molar-refractivity contribution is 0.180. The van der Waals surface area contributed by atoms with Gasteiger partial charge in [0.25, 0.3) is 0 Å². The molecule has 0 aromatic heterocycles. The first-order valence-corrected chi connectivity index (χ1v) is 5.06. The molecular weight excluding hydrogens is 148 g/mol. The molecular formula is C11H22O. The zero-order valence-corrected chi connectivity index (χ0v) is 8.26. The molecule has 0 fully saturated rings. The number of hydrogen-bond acceptors (Lipinski definition) is 1. The van der Waals surface area contributed by atoms with E-state index in [1.54, 1.807) is 0 Å². The fraction of sp³-hybridized carbons (Fsp3) is 0.818. The molecule has 0 bridgehead atoms. The van der Waals surface area contributed by atoms with Gasteiger partial charge in [-0.3, -0.25) is 0 Å². The van der Waals surface area contributed by atoms with Gasteiger partial charge >= 0.3 is 0 Å². The van der Waals surface area contributed by atoms with Gasteiger partial charge in [-0.25, -0.2) is 0 Å². The summed E-state index contributed by atoms with van der Waals surface area (Å²) < 4.78 is 0. The first kappa shape index (κ1) is 11.7. The molecule has 0 rings (SSSR count). The first-order valence-electron chi connectivity index (χ1n) is 5.06. The van der Waals surface area contributed by atoms with E-state index in [1.807, 2.05) is 13.0 Å². The number of rotatable bonds is 8. The fourth-order valence-electron chi connectivity index (χ4n) is 1.26. The van der Waals surface area contributed by atoms with Crippen LogP contribution in [-0.2, 0) is 0 Å². The van der Waals surface area contributed by atoms with Crippen LogP contribution < -0.4 is 0 Å². The highest BCUT2D eigenvalue weighted by molar-refractivity contribution is 4.65. The maximum absolute atomic E-state index is 8.98. The molecule has 12 heavy (non-hydrogen) atoms. The summed E-state index contributed by atoms with van der Waals surface area (Å²) in [6.45, 7) is 5.54. The van der Waals surface area contributed by atoms with E-state index in [0.29, 0.717) is 0 Å². The van der Waals surface area contributed by atoms with Crippen molar-refractivity contribution < 1.29 is 5.11 Å². The second-order valence-corrected chi connectivity index (χ2v) is 3.48. The summed E-state index contributed by atoms with van der Waals surface area (Å²) in [4.78, 5) is 0. The van der Waals surface area contributed by atoms with E-state index in [4.69, 9.17) is 5.11 Å². The average molecular weight is 170 g/mol. The van der Waals surface area contributed by atoms with Crippen molar-refractivity contribution in [2.75, 3.05) is 0 Å². The quantitative estimate of drug-likeness (QED) is 0.438. The number of unbranched alkanes of at least 4 members (excludes halogenated alkanes) is 5. The number of aliphatic hydroxyl groups excluding tert-OH is 1. The van der Waals surface area contributed by atoms with E-state index in [2.05, 4.69) is 6.58 Å². The molecule has 1 nitrogen and oxygen atoms in total. The van der Waals surface area contributed by atoms with Crippen LogP contribution in [0.4, 0.5) is 0 Å². The second-order valence-electron chi connectivity index (χ2n) is 3.48. The summed E-state index contributed by atoms with van der Waals surface area (Å²) in [6, 6.07) is 0. The number of aliphatic hydroxyl groups is 1. The van der Waals surface area contributed by atoms with Crippen molar-refractivity contribution in [2.24, 2.45) is 0 Å². The number of hydrogen-bond donors (Lipinski definition) is 1. The van der Waals surface area contributed by atoms with Gasteiger partial charge in [0.2, 0.25) is 0 Å². The Hall–Kier alpha value is -0.300. The normalized spacial score (nSPS) is 12.8.